The van der Waals surface area contributed by atoms with E-state index in [-0.39, 0.29) is 5.56 Å². The van der Waals surface area contributed by atoms with Gasteiger partial charge in [-0.2, -0.15) is 48.3 Å². The van der Waals surface area contributed by atoms with Gasteiger partial charge in [0, 0.05) is 13.5 Å². The van der Waals surface area contributed by atoms with Crippen molar-refractivity contribution in [2.45, 2.75) is 42.4 Å². The molecule has 12 heteroatoms. The Balaban J connectivity index is 2.40. The Labute approximate surface area is 174 Å². The molecule has 1 unspecified atom stereocenters. The maximum atomic E-state index is 14.2. The lowest BCUT2D eigenvalue weighted by Crippen LogP contribution is -2.66. The zero-order chi connectivity index (χ0) is 24.6. The first kappa shape index (κ1) is 25.9. The van der Waals surface area contributed by atoms with Crippen molar-refractivity contribution in [1.29, 1.82) is 0 Å². The van der Waals surface area contributed by atoms with E-state index in [0.717, 1.165) is 13.2 Å². The first-order valence-electron chi connectivity index (χ1n) is 8.76. The Bertz CT molecular complexity index is 907. The first-order chi connectivity index (χ1) is 14.5. The SMILES string of the molecule is COC(CC(F)(F)C(F)(F)C(F)(F)C(F)(F)C(F)(F)F)c1cccc(-c2ccccc2)c1. The van der Waals surface area contributed by atoms with Crippen LogP contribution in [0.25, 0.3) is 11.1 Å². The normalized spacial score (nSPS) is 15.0. The Morgan fingerprint density at radius 1 is 0.656 bits per heavy atom. The number of benzene rings is 2. The molecule has 2 aromatic rings. The molecule has 0 heterocycles. The highest BCUT2D eigenvalue weighted by atomic mass is 19.4. The van der Waals surface area contributed by atoms with Crippen LogP contribution in [0.4, 0.5) is 48.3 Å². The van der Waals surface area contributed by atoms with Gasteiger partial charge in [0.15, 0.2) is 0 Å². The largest absolute Gasteiger partial charge is 0.460 e. The Morgan fingerprint density at radius 2 is 1.19 bits per heavy atom. The predicted molar refractivity (Wildman–Crippen MR) is 92.1 cm³/mol. The van der Waals surface area contributed by atoms with Gasteiger partial charge in [-0.1, -0.05) is 48.5 Å². The molecule has 0 aliphatic rings. The lowest BCUT2D eigenvalue weighted by atomic mass is 9.91. The van der Waals surface area contributed by atoms with Crippen molar-refractivity contribution in [3.8, 4) is 11.1 Å². The molecule has 178 valence electrons. The third kappa shape index (κ3) is 4.41. The van der Waals surface area contributed by atoms with Gasteiger partial charge < -0.3 is 4.74 Å². The van der Waals surface area contributed by atoms with E-state index in [4.69, 9.17) is 0 Å². The van der Waals surface area contributed by atoms with Crippen LogP contribution in [0.15, 0.2) is 54.6 Å². The van der Waals surface area contributed by atoms with E-state index in [1.165, 1.54) is 18.2 Å². The molecular formula is C20H15F11O. The van der Waals surface area contributed by atoms with Gasteiger partial charge in [0.25, 0.3) is 0 Å². The minimum atomic E-state index is -7.44. The van der Waals surface area contributed by atoms with Crippen LogP contribution in [0, 0.1) is 0 Å². The standard InChI is InChI=1S/C20H15F11O/c1-32-15(14-9-5-8-13(10-14)12-6-3-2-4-7-12)11-16(21,22)17(23,24)18(25,26)19(27,28)20(29,30)31/h2-10,15H,11H2,1H3. The summed E-state index contributed by atoms with van der Waals surface area (Å²) in [4.78, 5) is 0. The molecule has 0 radical (unpaired) electrons. The second kappa shape index (κ2) is 8.53. The number of methoxy groups -OCH3 is 1. The predicted octanol–water partition coefficient (Wildman–Crippen LogP) is 7.53. The fourth-order valence-corrected chi connectivity index (χ4v) is 2.85. The highest BCUT2D eigenvalue weighted by Gasteiger charge is 2.87. The molecule has 0 saturated carbocycles. The van der Waals surface area contributed by atoms with Crippen molar-refractivity contribution in [2.24, 2.45) is 0 Å². The number of hydrogen-bond donors (Lipinski definition) is 0. The summed E-state index contributed by atoms with van der Waals surface area (Å²) in [5.74, 6) is -27.9. The van der Waals surface area contributed by atoms with Gasteiger partial charge in [-0.25, -0.2) is 0 Å². The van der Waals surface area contributed by atoms with Gasteiger partial charge in [0.05, 0.1) is 6.10 Å². The molecule has 0 amide bonds. The molecule has 0 bridgehead atoms. The third-order valence-electron chi connectivity index (χ3n) is 4.70. The Morgan fingerprint density at radius 3 is 1.69 bits per heavy atom. The second-order valence-corrected chi connectivity index (χ2v) is 6.85. The van der Waals surface area contributed by atoms with Crippen molar-refractivity contribution >= 4 is 0 Å². The number of rotatable bonds is 8. The fourth-order valence-electron chi connectivity index (χ4n) is 2.85. The molecule has 0 N–H and O–H groups in total. The van der Waals surface area contributed by atoms with Crippen molar-refractivity contribution in [1.82, 2.24) is 0 Å². The lowest BCUT2D eigenvalue weighted by Gasteiger charge is -2.38. The summed E-state index contributed by atoms with van der Waals surface area (Å²) in [6.45, 7) is 0. The quantitative estimate of drug-likeness (QED) is 0.355. The van der Waals surface area contributed by atoms with Crippen LogP contribution in [-0.4, -0.2) is 37.0 Å². The van der Waals surface area contributed by atoms with Crippen LogP contribution in [0.2, 0.25) is 0 Å². The molecule has 2 rings (SSSR count). The van der Waals surface area contributed by atoms with Gasteiger partial charge in [-0.3, -0.25) is 0 Å². The number of ether oxygens (including phenoxy) is 1. The summed E-state index contributed by atoms with van der Waals surface area (Å²) < 4.78 is 150. The van der Waals surface area contributed by atoms with E-state index in [0.29, 0.717) is 11.1 Å². The van der Waals surface area contributed by atoms with E-state index in [9.17, 15) is 48.3 Å². The van der Waals surface area contributed by atoms with E-state index in [2.05, 4.69) is 4.74 Å². The highest BCUT2D eigenvalue weighted by Crippen LogP contribution is 2.58. The first-order valence-corrected chi connectivity index (χ1v) is 8.76. The lowest BCUT2D eigenvalue weighted by molar-refractivity contribution is -0.423. The van der Waals surface area contributed by atoms with Crippen LogP contribution in [0.1, 0.15) is 18.1 Å². The van der Waals surface area contributed by atoms with E-state index in [1.54, 1.807) is 30.3 Å². The number of halogens is 11. The molecular weight excluding hydrogens is 465 g/mol. The van der Waals surface area contributed by atoms with Crippen LogP contribution in [0.3, 0.4) is 0 Å². The Hall–Kier alpha value is -2.37. The maximum Gasteiger partial charge on any atom is 0.460 e. The molecule has 1 atom stereocenters. The zero-order valence-corrected chi connectivity index (χ0v) is 16.0. The summed E-state index contributed by atoms with van der Waals surface area (Å²) in [7, 11) is 0.760. The summed E-state index contributed by atoms with van der Waals surface area (Å²) in [6.07, 6.45) is -11.5. The van der Waals surface area contributed by atoms with Gasteiger partial charge in [0.2, 0.25) is 0 Å². The average molecular weight is 480 g/mol. The molecule has 0 aliphatic carbocycles. The fraction of sp³-hybridized carbons (Fsp3) is 0.400. The summed E-state index contributed by atoms with van der Waals surface area (Å²) in [6, 6.07) is 13.3. The summed E-state index contributed by atoms with van der Waals surface area (Å²) in [5.41, 5.74) is 0.752. The molecule has 0 fully saturated rings. The van der Waals surface area contributed by atoms with E-state index >= 15 is 0 Å². The number of hydrogen-bond acceptors (Lipinski definition) is 1. The molecule has 0 aromatic heterocycles. The summed E-state index contributed by atoms with van der Waals surface area (Å²) in [5, 5.41) is 0. The third-order valence-corrected chi connectivity index (χ3v) is 4.70. The van der Waals surface area contributed by atoms with Crippen LogP contribution < -0.4 is 0 Å². The average Bonchev–Trinajstić information content (AvgIpc) is 2.71. The Kier molecular flexibility index (Phi) is 6.90. The highest BCUT2D eigenvalue weighted by molar-refractivity contribution is 5.64. The minimum absolute atomic E-state index is 0.213. The van der Waals surface area contributed by atoms with Crippen molar-refractivity contribution < 1.29 is 53.0 Å². The molecule has 0 spiro atoms. The zero-order valence-electron chi connectivity index (χ0n) is 16.0. The van der Waals surface area contributed by atoms with Gasteiger partial charge in [-0.15, -0.1) is 0 Å². The van der Waals surface area contributed by atoms with Gasteiger partial charge in [0.1, 0.15) is 0 Å². The molecule has 0 saturated heterocycles. The smallest absolute Gasteiger partial charge is 0.377 e. The molecule has 2 aromatic carbocycles. The topological polar surface area (TPSA) is 9.23 Å². The molecule has 0 aliphatic heterocycles. The van der Waals surface area contributed by atoms with E-state index in [1.807, 2.05) is 0 Å². The molecule has 1 nitrogen and oxygen atoms in total. The number of alkyl halides is 11. The van der Waals surface area contributed by atoms with E-state index < -0.39 is 42.4 Å². The van der Waals surface area contributed by atoms with Gasteiger partial charge >= 0.3 is 29.9 Å². The van der Waals surface area contributed by atoms with Crippen molar-refractivity contribution in [3.05, 3.63) is 60.2 Å². The van der Waals surface area contributed by atoms with Crippen LogP contribution in [0.5, 0.6) is 0 Å². The maximum absolute atomic E-state index is 14.2. The van der Waals surface area contributed by atoms with Crippen LogP contribution in [-0.2, 0) is 4.74 Å². The second-order valence-electron chi connectivity index (χ2n) is 6.85. The van der Waals surface area contributed by atoms with Crippen molar-refractivity contribution in [3.63, 3.8) is 0 Å². The van der Waals surface area contributed by atoms with Crippen molar-refractivity contribution in [2.75, 3.05) is 7.11 Å². The minimum Gasteiger partial charge on any atom is -0.377 e. The van der Waals surface area contributed by atoms with Gasteiger partial charge in [-0.05, 0) is 22.8 Å². The monoisotopic (exact) mass is 480 g/mol. The summed E-state index contributed by atoms with van der Waals surface area (Å²) >= 11 is 0. The van der Waals surface area contributed by atoms with Crippen LogP contribution >= 0.6 is 0 Å². The molecule has 32 heavy (non-hydrogen) atoms.